The average molecular weight is 506 g/mol. The van der Waals surface area contributed by atoms with Gasteiger partial charge in [0.15, 0.2) is 6.61 Å². The molecule has 1 saturated heterocycles. The number of halogens is 1. The predicted octanol–water partition coefficient (Wildman–Crippen LogP) is 2.33. The summed E-state index contributed by atoms with van der Waals surface area (Å²) in [6.45, 7) is 5.85. The quantitative estimate of drug-likeness (QED) is 0.562. The fourth-order valence-electron chi connectivity index (χ4n) is 4.17. The SMILES string of the molecule is C[C@@H]1CN(Cc2ccc(F)cc2)[C@@H](C)CN1C(=O)COc1ccccc1CCC(=O)NS(C)(=O)=O. The van der Waals surface area contributed by atoms with Crippen LogP contribution in [0.2, 0.25) is 0 Å². The molecule has 0 saturated carbocycles. The number of rotatable bonds is 9. The van der Waals surface area contributed by atoms with E-state index in [4.69, 9.17) is 4.74 Å². The Morgan fingerprint density at radius 3 is 2.43 bits per heavy atom. The molecule has 35 heavy (non-hydrogen) atoms. The Morgan fingerprint density at radius 1 is 1.06 bits per heavy atom. The van der Waals surface area contributed by atoms with Crippen LogP contribution in [-0.2, 0) is 32.6 Å². The zero-order chi connectivity index (χ0) is 25.6. The first-order valence-corrected chi connectivity index (χ1v) is 13.4. The molecule has 1 N–H and O–H groups in total. The number of sulfonamides is 1. The monoisotopic (exact) mass is 505 g/mol. The standard InChI is InChI=1S/C25H32FN3O5S/c1-18-15-29(19(2)14-28(18)16-20-8-11-22(26)12-9-20)25(31)17-34-23-7-5-4-6-21(23)10-13-24(30)27-35(3,32)33/h4-9,11-12,18-19H,10,13-17H2,1-3H3,(H,27,30)/t18-,19+/m0/s1. The molecule has 0 bridgehead atoms. The van der Waals surface area contributed by atoms with E-state index in [-0.39, 0.29) is 43.3 Å². The van der Waals surface area contributed by atoms with Gasteiger partial charge in [0.1, 0.15) is 11.6 Å². The summed E-state index contributed by atoms with van der Waals surface area (Å²) in [6.07, 6.45) is 1.19. The first-order chi connectivity index (χ1) is 16.5. The highest BCUT2D eigenvalue weighted by Gasteiger charge is 2.32. The maximum atomic E-state index is 13.2. The number of para-hydroxylation sites is 1. The Labute approximate surface area is 206 Å². The lowest BCUT2D eigenvalue weighted by molar-refractivity contribution is -0.139. The molecule has 1 heterocycles. The second-order valence-electron chi connectivity index (χ2n) is 8.99. The number of hydrogen-bond acceptors (Lipinski definition) is 6. The average Bonchev–Trinajstić information content (AvgIpc) is 2.79. The van der Waals surface area contributed by atoms with E-state index >= 15 is 0 Å². The molecule has 1 aliphatic heterocycles. The van der Waals surface area contributed by atoms with Crippen molar-refractivity contribution in [3.63, 3.8) is 0 Å². The summed E-state index contributed by atoms with van der Waals surface area (Å²) in [6, 6.07) is 13.7. The zero-order valence-electron chi connectivity index (χ0n) is 20.2. The van der Waals surface area contributed by atoms with E-state index < -0.39 is 15.9 Å². The van der Waals surface area contributed by atoms with Gasteiger partial charge in [-0.05, 0) is 49.6 Å². The summed E-state index contributed by atoms with van der Waals surface area (Å²) in [5.74, 6) is -0.497. The lowest BCUT2D eigenvalue weighted by Gasteiger charge is -2.44. The molecule has 0 radical (unpaired) electrons. The van der Waals surface area contributed by atoms with Crippen LogP contribution in [0.15, 0.2) is 48.5 Å². The fourth-order valence-corrected chi connectivity index (χ4v) is 4.69. The van der Waals surface area contributed by atoms with E-state index in [1.807, 2.05) is 16.5 Å². The Morgan fingerprint density at radius 2 is 1.74 bits per heavy atom. The number of amides is 2. The number of carbonyl (C=O) groups is 2. The zero-order valence-corrected chi connectivity index (χ0v) is 21.1. The van der Waals surface area contributed by atoms with Crippen LogP contribution in [0, 0.1) is 5.82 Å². The maximum Gasteiger partial charge on any atom is 0.260 e. The molecular weight excluding hydrogens is 473 g/mol. The highest BCUT2D eigenvalue weighted by Crippen LogP contribution is 2.22. The van der Waals surface area contributed by atoms with Crippen LogP contribution in [0.3, 0.4) is 0 Å². The van der Waals surface area contributed by atoms with Gasteiger partial charge in [-0.15, -0.1) is 0 Å². The van der Waals surface area contributed by atoms with Crippen molar-refractivity contribution in [3.05, 3.63) is 65.5 Å². The van der Waals surface area contributed by atoms with Gasteiger partial charge < -0.3 is 9.64 Å². The summed E-state index contributed by atoms with van der Waals surface area (Å²) in [4.78, 5) is 28.9. The van der Waals surface area contributed by atoms with Crippen molar-refractivity contribution >= 4 is 21.8 Å². The number of hydrogen-bond donors (Lipinski definition) is 1. The molecule has 2 aromatic carbocycles. The third kappa shape index (κ3) is 8.03. The largest absolute Gasteiger partial charge is 0.483 e. The van der Waals surface area contributed by atoms with Crippen molar-refractivity contribution in [2.24, 2.45) is 0 Å². The van der Waals surface area contributed by atoms with Gasteiger partial charge >= 0.3 is 0 Å². The van der Waals surface area contributed by atoms with Gasteiger partial charge in [-0.3, -0.25) is 19.2 Å². The number of aryl methyl sites for hydroxylation is 1. The topological polar surface area (TPSA) is 96.0 Å². The van der Waals surface area contributed by atoms with Crippen molar-refractivity contribution in [1.29, 1.82) is 0 Å². The Hall–Kier alpha value is -2.98. The summed E-state index contributed by atoms with van der Waals surface area (Å²) < 4.78 is 43.4. The van der Waals surface area contributed by atoms with Crippen LogP contribution < -0.4 is 9.46 Å². The fraction of sp³-hybridized carbons (Fsp3) is 0.440. The van der Waals surface area contributed by atoms with E-state index in [0.29, 0.717) is 25.4 Å². The van der Waals surface area contributed by atoms with Gasteiger partial charge in [-0.1, -0.05) is 30.3 Å². The van der Waals surface area contributed by atoms with Crippen LogP contribution in [0.25, 0.3) is 0 Å². The highest BCUT2D eigenvalue weighted by molar-refractivity contribution is 7.89. The van der Waals surface area contributed by atoms with E-state index in [1.54, 1.807) is 36.4 Å². The normalized spacial score (nSPS) is 18.8. The van der Waals surface area contributed by atoms with Gasteiger partial charge in [-0.25, -0.2) is 12.8 Å². The number of nitrogens with zero attached hydrogens (tertiary/aromatic N) is 2. The first-order valence-electron chi connectivity index (χ1n) is 11.5. The van der Waals surface area contributed by atoms with Crippen LogP contribution in [0.1, 0.15) is 31.4 Å². The molecule has 8 nitrogen and oxygen atoms in total. The van der Waals surface area contributed by atoms with Crippen LogP contribution in [0.5, 0.6) is 5.75 Å². The van der Waals surface area contributed by atoms with Crippen LogP contribution in [-0.4, -0.2) is 68.1 Å². The highest BCUT2D eigenvalue weighted by atomic mass is 32.2. The minimum atomic E-state index is -3.60. The molecule has 3 rings (SSSR count). The number of ether oxygens (including phenoxy) is 1. The van der Waals surface area contributed by atoms with E-state index in [2.05, 4.69) is 11.8 Å². The minimum absolute atomic E-state index is 0.0160. The molecule has 10 heteroatoms. The molecule has 0 aliphatic carbocycles. The van der Waals surface area contributed by atoms with Crippen LogP contribution >= 0.6 is 0 Å². The Kier molecular flexibility index (Phi) is 8.85. The van der Waals surface area contributed by atoms with E-state index in [1.165, 1.54) is 12.1 Å². The predicted molar refractivity (Wildman–Crippen MR) is 131 cm³/mol. The van der Waals surface area contributed by atoms with Crippen LogP contribution in [0.4, 0.5) is 4.39 Å². The molecular formula is C25H32FN3O5S. The molecule has 1 fully saturated rings. The number of nitrogens with one attached hydrogen (secondary N) is 1. The molecule has 0 spiro atoms. The van der Waals surface area contributed by atoms with E-state index in [0.717, 1.165) is 17.4 Å². The summed E-state index contributed by atoms with van der Waals surface area (Å²) in [5.41, 5.74) is 1.74. The van der Waals surface area contributed by atoms with Crippen molar-refractivity contribution in [3.8, 4) is 5.75 Å². The van der Waals surface area contributed by atoms with Gasteiger partial charge in [-0.2, -0.15) is 0 Å². The van der Waals surface area contributed by atoms with Crippen molar-refractivity contribution < 1.29 is 27.1 Å². The van der Waals surface area contributed by atoms with Gasteiger partial charge in [0.2, 0.25) is 15.9 Å². The molecule has 2 aromatic rings. The summed E-state index contributed by atoms with van der Waals surface area (Å²) in [5, 5.41) is 0. The number of carbonyl (C=O) groups excluding carboxylic acids is 2. The maximum absolute atomic E-state index is 13.2. The minimum Gasteiger partial charge on any atom is -0.483 e. The number of benzene rings is 2. The summed E-state index contributed by atoms with van der Waals surface area (Å²) >= 11 is 0. The summed E-state index contributed by atoms with van der Waals surface area (Å²) in [7, 11) is -3.60. The molecule has 0 unspecified atom stereocenters. The van der Waals surface area contributed by atoms with E-state index in [9.17, 15) is 22.4 Å². The van der Waals surface area contributed by atoms with Gasteiger partial charge in [0.05, 0.1) is 6.26 Å². The number of piperazine rings is 1. The molecule has 1 aliphatic rings. The first kappa shape index (κ1) is 26.6. The molecule has 2 amide bonds. The second-order valence-corrected chi connectivity index (χ2v) is 10.7. The Bertz CT molecular complexity index is 1140. The van der Waals surface area contributed by atoms with Gasteiger partial charge in [0.25, 0.3) is 5.91 Å². The van der Waals surface area contributed by atoms with Gasteiger partial charge in [0, 0.05) is 38.1 Å². The second kappa shape index (κ2) is 11.6. The lowest BCUT2D eigenvalue weighted by atomic mass is 10.1. The third-order valence-corrected chi connectivity index (χ3v) is 6.58. The van der Waals surface area contributed by atoms with Crippen molar-refractivity contribution in [1.82, 2.24) is 14.5 Å². The third-order valence-electron chi connectivity index (χ3n) is 5.98. The van der Waals surface area contributed by atoms with Crippen molar-refractivity contribution in [2.45, 2.75) is 45.3 Å². The molecule has 190 valence electrons. The molecule has 0 aromatic heterocycles. The molecule has 2 atom stereocenters. The smallest absolute Gasteiger partial charge is 0.260 e. The van der Waals surface area contributed by atoms with Crippen molar-refractivity contribution in [2.75, 3.05) is 26.0 Å². The Balaban J connectivity index is 1.54. The lowest BCUT2D eigenvalue weighted by Crippen LogP contribution is -2.58.